The van der Waals surface area contributed by atoms with Crippen LogP contribution in [0.25, 0.3) is 0 Å². The van der Waals surface area contributed by atoms with Crippen LogP contribution >= 0.6 is 0 Å². The van der Waals surface area contributed by atoms with Gasteiger partial charge in [-0.15, -0.1) is 0 Å². The molecule has 1 nitrogen and oxygen atoms in total. The highest BCUT2D eigenvalue weighted by molar-refractivity contribution is 5.44. The smallest absolute Gasteiger partial charge is 0.116 e. The number of hydrogen-bond donors (Lipinski definition) is 0. The van der Waals surface area contributed by atoms with E-state index in [-0.39, 0.29) is 0 Å². The third-order valence-electron chi connectivity index (χ3n) is 3.75. The van der Waals surface area contributed by atoms with Gasteiger partial charge >= 0.3 is 0 Å². The van der Waals surface area contributed by atoms with Gasteiger partial charge < -0.3 is 4.79 Å². The number of aldehydes is 1. The second-order valence-corrected chi connectivity index (χ2v) is 6.31. The normalized spacial score (nSPS) is 18.1. The first-order valence-corrected chi connectivity index (χ1v) is 9.76. The Morgan fingerprint density at radius 2 is 1.92 bits per heavy atom. The zero-order chi connectivity index (χ0) is 19.5. The van der Waals surface area contributed by atoms with Gasteiger partial charge in [-0.25, -0.2) is 0 Å². The van der Waals surface area contributed by atoms with Crippen LogP contribution in [0.5, 0.6) is 0 Å². The van der Waals surface area contributed by atoms with Crippen molar-refractivity contribution in [2.24, 2.45) is 11.8 Å². The summed E-state index contributed by atoms with van der Waals surface area (Å²) in [6, 6.07) is 0. The fraction of sp³-hybridized carbons (Fsp3) is 0.542. The summed E-state index contributed by atoms with van der Waals surface area (Å²) in [7, 11) is 0. The Bertz CT molecular complexity index is 460. The van der Waals surface area contributed by atoms with Gasteiger partial charge in [-0.3, -0.25) is 0 Å². The number of carbonyl (C=O) groups is 1. The van der Waals surface area contributed by atoms with Crippen LogP contribution < -0.4 is 0 Å². The van der Waals surface area contributed by atoms with Gasteiger partial charge in [0, 0.05) is 0 Å². The SMILES string of the molecule is C/C=C\C[C@H](C)CCC1=CC(C)=CC=CCC(C)C=C1.CC.CC=O. The topological polar surface area (TPSA) is 17.1 Å². The summed E-state index contributed by atoms with van der Waals surface area (Å²) in [6.45, 7) is 14.4. The van der Waals surface area contributed by atoms with Crippen LogP contribution in [0.2, 0.25) is 0 Å². The number of hydrogen-bond acceptors (Lipinski definition) is 1. The Balaban J connectivity index is 0. The summed E-state index contributed by atoms with van der Waals surface area (Å²) in [4.78, 5) is 8.81. The van der Waals surface area contributed by atoms with Crippen molar-refractivity contribution in [1.29, 1.82) is 0 Å². The van der Waals surface area contributed by atoms with E-state index in [1.165, 1.54) is 37.3 Å². The van der Waals surface area contributed by atoms with Gasteiger partial charge in [0.2, 0.25) is 0 Å². The number of carbonyl (C=O) groups excluding carboxylic acids is 1. The van der Waals surface area contributed by atoms with E-state index >= 15 is 0 Å². The lowest BCUT2D eigenvalue weighted by atomic mass is 9.95. The lowest BCUT2D eigenvalue weighted by Crippen LogP contribution is -1.95. The summed E-state index contributed by atoms with van der Waals surface area (Å²) >= 11 is 0. The molecule has 0 aliphatic heterocycles. The fourth-order valence-electron chi connectivity index (χ4n) is 2.32. The van der Waals surface area contributed by atoms with E-state index in [9.17, 15) is 0 Å². The molecule has 0 amide bonds. The van der Waals surface area contributed by atoms with Crippen molar-refractivity contribution < 1.29 is 4.79 Å². The first-order chi connectivity index (χ1) is 12.0. The van der Waals surface area contributed by atoms with Crippen LogP contribution in [-0.4, -0.2) is 6.29 Å². The molecule has 142 valence electrons. The maximum absolute atomic E-state index is 8.81. The minimum Gasteiger partial charge on any atom is -0.304 e. The zero-order valence-electron chi connectivity index (χ0n) is 17.6. The molecule has 0 heterocycles. The van der Waals surface area contributed by atoms with E-state index in [0.29, 0.717) is 5.92 Å². The van der Waals surface area contributed by atoms with Crippen molar-refractivity contribution >= 4 is 6.29 Å². The second kappa shape index (κ2) is 18.7. The Morgan fingerprint density at radius 1 is 1.28 bits per heavy atom. The largest absolute Gasteiger partial charge is 0.304 e. The lowest BCUT2D eigenvalue weighted by Gasteiger charge is -2.11. The summed E-state index contributed by atoms with van der Waals surface area (Å²) < 4.78 is 0. The van der Waals surface area contributed by atoms with Crippen LogP contribution in [0.15, 0.2) is 59.8 Å². The van der Waals surface area contributed by atoms with E-state index in [0.717, 1.165) is 18.6 Å². The van der Waals surface area contributed by atoms with Gasteiger partial charge in [0.25, 0.3) is 0 Å². The lowest BCUT2D eigenvalue weighted by molar-refractivity contribution is -0.106. The molecule has 0 aromatic heterocycles. The zero-order valence-corrected chi connectivity index (χ0v) is 17.6. The Hall–Kier alpha value is -1.63. The molecule has 1 rings (SSSR count). The van der Waals surface area contributed by atoms with Crippen molar-refractivity contribution in [3.63, 3.8) is 0 Å². The highest BCUT2D eigenvalue weighted by Gasteiger charge is 2.03. The number of allylic oxidation sites excluding steroid dienone is 10. The Labute approximate surface area is 157 Å². The van der Waals surface area contributed by atoms with Gasteiger partial charge in [0.1, 0.15) is 6.29 Å². The molecule has 0 radical (unpaired) electrons. The summed E-state index contributed by atoms with van der Waals surface area (Å²) in [6.07, 6.45) is 23.6. The van der Waals surface area contributed by atoms with Crippen molar-refractivity contribution in [2.45, 2.75) is 74.1 Å². The minimum absolute atomic E-state index is 0.627. The third-order valence-corrected chi connectivity index (χ3v) is 3.75. The first-order valence-electron chi connectivity index (χ1n) is 9.76. The van der Waals surface area contributed by atoms with Crippen molar-refractivity contribution in [2.75, 3.05) is 0 Å². The molecule has 0 spiro atoms. The maximum Gasteiger partial charge on any atom is 0.116 e. The predicted octanol–water partition coefficient (Wildman–Crippen LogP) is 7.63. The third kappa shape index (κ3) is 17.0. The van der Waals surface area contributed by atoms with E-state index in [1.54, 1.807) is 0 Å². The Kier molecular flexibility index (Phi) is 19.2. The van der Waals surface area contributed by atoms with Crippen LogP contribution in [-0.2, 0) is 4.79 Å². The summed E-state index contributed by atoms with van der Waals surface area (Å²) in [5, 5.41) is 0. The van der Waals surface area contributed by atoms with Gasteiger partial charge in [0.15, 0.2) is 0 Å². The monoisotopic (exact) mass is 344 g/mol. The molecule has 0 aromatic rings. The molecule has 1 unspecified atom stereocenters. The summed E-state index contributed by atoms with van der Waals surface area (Å²) in [5.74, 6) is 1.39. The van der Waals surface area contributed by atoms with Crippen molar-refractivity contribution in [3.05, 3.63) is 59.8 Å². The van der Waals surface area contributed by atoms with E-state index in [4.69, 9.17) is 4.79 Å². The fourth-order valence-corrected chi connectivity index (χ4v) is 2.32. The molecule has 1 aliphatic carbocycles. The molecule has 1 aliphatic rings. The standard InChI is InChI=1S/C20H30.C2H4O.C2H6/c1-5-6-9-17(2)12-14-20-15-13-18(3)10-7-8-11-19(4)16-20;1-2-3;1-2/h5-8,11,13,15-18H,9-10,12,14H2,1-4H3;2H,1H3;1-2H3/b6-5-,8-7?,15-13?,19-11?,20-16?;;/t17-,18?;;/m0../s1. The molecule has 2 atom stereocenters. The summed E-state index contributed by atoms with van der Waals surface area (Å²) in [5.41, 5.74) is 2.81. The average Bonchev–Trinajstić information content (AvgIpc) is 2.61. The number of rotatable bonds is 5. The van der Waals surface area contributed by atoms with Gasteiger partial charge in [0.05, 0.1) is 0 Å². The average molecular weight is 345 g/mol. The molecule has 1 heteroatoms. The molecule has 0 bridgehead atoms. The van der Waals surface area contributed by atoms with Crippen LogP contribution in [0.4, 0.5) is 0 Å². The van der Waals surface area contributed by atoms with Gasteiger partial charge in [-0.1, -0.05) is 81.9 Å². The van der Waals surface area contributed by atoms with Crippen LogP contribution in [0.3, 0.4) is 0 Å². The maximum atomic E-state index is 8.81. The van der Waals surface area contributed by atoms with Crippen LogP contribution in [0.1, 0.15) is 74.1 Å². The van der Waals surface area contributed by atoms with Crippen molar-refractivity contribution in [3.8, 4) is 0 Å². The minimum atomic E-state index is 0.627. The highest BCUT2D eigenvalue weighted by Crippen LogP contribution is 2.20. The van der Waals surface area contributed by atoms with E-state index in [1.807, 2.05) is 13.8 Å². The molecule has 0 saturated carbocycles. The molecule has 0 N–H and O–H groups in total. The van der Waals surface area contributed by atoms with Crippen LogP contribution in [0, 0.1) is 11.8 Å². The van der Waals surface area contributed by atoms with E-state index in [2.05, 4.69) is 76.3 Å². The molecule has 0 fully saturated rings. The second-order valence-electron chi connectivity index (χ2n) is 6.31. The highest BCUT2D eigenvalue weighted by atomic mass is 16.1. The van der Waals surface area contributed by atoms with E-state index < -0.39 is 0 Å². The molecule has 0 saturated heterocycles. The Morgan fingerprint density at radius 3 is 2.52 bits per heavy atom. The van der Waals surface area contributed by atoms with Gasteiger partial charge in [-0.05, 0) is 63.9 Å². The molecular formula is C24H40O. The molecule has 25 heavy (non-hydrogen) atoms. The molecular weight excluding hydrogens is 304 g/mol. The van der Waals surface area contributed by atoms with Gasteiger partial charge in [-0.2, -0.15) is 0 Å². The quantitative estimate of drug-likeness (QED) is 0.370. The first kappa shape index (κ1) is 25.6. The molecule has 0 aromatic carbocycles. The van der Waals surface area contributed by atoms with Crippen molar-refractivity contribution in [1.82, 2.24) is 0 Å². The predicted molar refractivity (Wildman–Crippen MR) is 115 cm³/mol.